The SMILES string of the molecule is O=S(=O)(c1ccc(Cl)c(NC(=S)NN2CCOCC2)c1)N1CCOCC1. The van der Waals surface area contributed by atoms with Crippen molar-refractivity contribution >= 4 is 44.6 Å². The van der Waals surface area contributed by atoms with E-state index in [1.54, 1.807) is 6.07 Å². The van der Waals surface area contributed by atoms with Gasteiger partial charge < -0.3 is 14.8 Å². The van der Waals surface area contributed by atoms with Crippen LogP contribution in [-0.4, -0.2) is 75.5 Å². The van der Waals surface area contributed by atoms with E-state index in [0.717, 1.165) is 0 Å². The number of thiocarbonyl (C=S) groups is 1. The van der Waals surface area contributed by atoms with Gasteiger partial charge in [0.15, 0.2) is 5.11 Å². The monoisotopic (exact) mass is 420 g/mol. The third-order valence-corrected chi connectivity index (χ3v) is 6.48. The van der Waals surface area contributed by atoms with Crippen LogP contribution in [0, 0.1) is 0 Å². The van der Waals surface area contributed by atoms with E-state index in [9.17, 15) is 8.42 Å². The van der Waals surface area contributed by atoms with E-state index in [-0.39, 0.29) is 4.90 Å². The number of rotatable bonds is 4. The lowest BCUT2D eigenvalue weighted by Crippen LogP contribution is -2.49. The van der Waals surface area contributed by atoms with E-state index < -0.39 is 10.0 Å². The van der Waals surface area contributed by atoms with Gasteiger partial charge in [-0.15, -0.1) is 0 Å². The molecule has 0 saturated carbocycles. The Bertz CT molecular complexity index is 750. The first-order valence-corrected chi connectivity index (χ1v) is 10.5. The van der Waals surface area contributed by atoms with E-state index >= 15 is 0 Å². The van der Waals surface area contributed by atoms with Crippen molar-refractivity contribution in [2.75, 3.05) is 57.9 Å². The zero-order chi connectivity index (χ0) is 18.6. The molecule has 2 heterocycles. The molecule has 1 aromatic rings. The zero-order valence-electron chi connectivity index (χ0n) is 14.1. The average Bonchev–Trinajstić information content (AvgIpc) is 2.65. The summed E-state index contributed by atoms with van der Waals surface area (Å²) in [6, 6.07) is 4.55. The molecule has 2 N–H and O–H groups in total. The summed E-state index contributed by atoms with van der Waals surface area (Å²) in [4.78, 5) is 0.167. The van der Waals surface area contributed by atoms with Gasteiger partial charge in [-0.1, -0.05) is 11.6 Å². The Hall–Kier alpha value is -1.01. The number of benzene rings is 1. The van der Waals surface area contributed by atoms with Crippen molar-refractivity contribution in [1.29, 1.82) is 0 Å². The lowest BCUT2D eigenvalue weighted by Gasteiger charge is -2.28. The Morgan fingerprint density at radius 3 is 2.35 bits per heavy atom. The molecule has 3 rings (SSSR count). The van der Waals surface area contributed by atoms with Gasteiger partial charge in [-0.05, 0) is 30.4 Å². The average molecular weight is 421 g/mol. The highest BCUT2D eigenvalue weighted by atomic mass is 35.5. The molecule has 1 aromatic carbocycles. The lowest BCUT2D eigenvalue weighted by atomic mass is 10.3. The fraction of sp³-hybridized carbons (Fsp3) is 0.533. The molecule has 2 fully saturated rings. The van der Waals surface area contributed by atoms with Crippen LogP contribution in [-0.2, 0) is 19.5 Å². The highest BCUT2D eigenvalue weighted by Gasteiger charge is 2.27. The molecule has 11 heteroatoms. The molecule has 26 heavy (non-hydrogen) atoms. The number of nitrogens with zero attached hydrogens (tertiary/aromatic N) is 2. The first-order valence-electron chi connectivity index (χ1n) is 8.24. The molecule has 0 bridgehead atoms. The van der Waals surface area contributed by atoms with Crippen LogP contribution in [0.15, 0.2) is 23.1 Å². The van der Waals surface area contributed by atoms with Gasteiger partial charge in [0.1, 0.15) is 0 Å². The lowest BCUT2D eigenvalue weighted by molar-refractivity contribution is 0.0252. The second-order valence-electron chi connectivity index (χ2n) is 5.82. The fourth-order valence-electron chi connectivity index (χ4n) is 2.67. The summed E-state index contributed by atoms with van der Waals surface area (Å²) in [5.74, 6) is 0. The van der Waals surface area contributed by atoms with Gasteiger partial charge in [0.25, 0.3) is 0 Å². The predicted molar refractivity (Wildman–Crippen MR) is 103 cm³/mol. The summed E-state index contributed by atoms with van der Waals surface area (Å²) in [6.45, 7) is 4.14. The maximum absolute atomic E-state index is 12.8. The van der Waals surface area contributed by atoms with Crippen LogP contribution in [0.1, 0.15) is 0 Å². The van der Waals surface area contributed by atoms with Crippen LogP contribution < -0.4 is 10.7 Å². The molecule has 0 spiro atoms. The maximum atomic E-state index is 12.8. The Kier molecular flexibility index (Phi) is 6.67. The number of halogens is 1. The third-order valence-electron chi connectivity index (χ3n) is 4.06. The van der Waals surface area contributed by atoms with E-state index in [1.165, 1.54) is 16.4 Å². The Morgan fingerprint density at radius 1 is 1.08 bits per heavy atom. The molecule has 8 nitrogen and oxygen atoms in total. The number of hydrogen-bond donors (Lipinski definition) is 2. The molecular formula is C15H21ClN4O4S2. The van der Waals surface area contributed by atoms with Crippen LogP contribution in [0.4, 0.5) is 5.69 Å². The number of sulfonamides is 1. The van der Waals surface area contributed by atoms with Crippen LogP contribution in [0.25, 0.3) is 0 Å². The van der Waals surface area contributed by atoms with Crippen molar-refractivity contribution in [2.24, 2.45) is 0 Å². The van der Waals surface area contributed by atoms with Crippen LogP contribution in [0.2, 0.25) is 5.02 Å². The molecule has 144 valence electrons. The molecule has 0 aliphatic carbocycles. The van der Waals surface area contributed by atoms with E-state index in [4.69, 9.17) is 33.3 Å². The van der Waals surface area contributed by atoms with Crippen molar-refractivity contribution in [3.05, 3.63) is 23.2 Å². The molecule has 0 aromatic heterocycles. The minimum absolute atomic E-state index is 0.167. The highest BCUT2D eigenvalue weighted by molar-refractivity contribution is 7.89. The van der Waals surface area contributed by atoms with Crippen LogP contribution in [0.5, 0.6) is 0 Å². The molecule has 0 amide bonds. The predicted octanol–water partition coefficient (Wildman–Crippen LogP) is 0.894. The quantitative estimate of drug-likeness (QED) is 0.695. The summed E-state index contributed by atoms with van der Waals surface area (Å²) < 4.78 is 37.5. The van der Waals surface area contributed by atoms with Gasteiger partial charge in [0.05, 0.1) is 42.0 Å². The van der Waals surface area contributed by atoms with Gasteiger partial charge in [0, 0.05) is 26.2 Å². The van der Waals surface area contributed by atoms with Gasteiger partial charge in [0.2, 0.25) is 10.0 Å². The minimum Gasteiger partial charge on any atom is -0.379 e. The van der Waals surface area contributed by atoms with E-state index in [2.05, 4.69) is 10.7 Å². The van der Waals surface area contributed by atoms with Crippen molar-refractivity contribution in [2.45, 2.75) is 4.90 Å². The van der Waals surface area contributed by atoms with Crippen LogP contribution in [0.3, 0.4) is 0 Å². The van der Waals surface area contributed by atoms with Gasteiger partial charge in [-0.3, -0.25) is 5.43 Å². The summed E-state index contributed by atoms with van der Waals surface area (Å²) in [5, 5.41) is 5.63. The third kappa shape index (κ3) is 4.83. The van der Waals surface area contributed by atoms with Crippen molar-refractivity contribution < 1.29 is 17.9 Å². The molecule has 2 aliphatic heterocycles. The Labute approximate surface area is 163 Å². The molecule has 0 unspecified atom stereocenters. The topological polar surface area (TPSA) is 83.1 Å². The largest absolute Gasteiger partial charge is 0.379 e. The number of nitrogens with one attached hydrogen (secondary N) is 2. The molecule has 2 saturated heterocycles. The second-order valence-corrected chi connectivity index (χ2v) is 8.58. The van der Waals surface area contributed by atoms with Gasteiger partial charge >= 0.3 is 0 Å². The smallest absolute Gasteiger partial charge is 0.243 e. The number of morpholine rings is 2. The van der Waals surface area contributed by atoms with Gasteiger partial charge in [-0.25, -0.2) is 13.4 Å². The number of ether oxygens (including phenoxy) is 2. The molecule has 2 aliphatic rings. The number of hydrazine groups is 1. The summed E-state index contributed by atoms with van der Waals surface area (Å²) in [5.41, 5.74) is 3.49. The molecule has 0 atom stereocenters. The molecular weight excluding hydrogens is 400 g/mol. The molecule has 0 radical (unpaired) electrons. The van der Waals surface area contributed by atoms with Gasteiger partial charge in [-0.2, -0.15) is 4.31 Å². The van der Waals surface area contributed by atoms with Crippen molar-refractivity contribution in [1.82, 2.24) is 14.7 Å². The standard InChI is InChI=1S/C15H21ClN4O4S2/c16-13-2-1-12(26(21,22)20-5-9-24-10-6-20)11-14(13)17-15(25)18-19-3-7-23-8-4-19/h1-2,11H,3-10H2,(H2,17,18,25). The van der Waals surface area contributed by atoms with Crippen molar-refractivity contribution in [3.8, 4) is 0 Å². The normalized spacial score (nSPS) is 19.9. The first-order chi connectivity index (χ1) is 12.5. The number of anilines is 1. The maximum Gasteiger partial charge on any atom is 0.243 e. The number of hydrogen-bond acceptors (Lipinski definition) is 6. The first kappa shape index (κ1) is 19.7. The summed E-state index contributed by atoms with van der Waals surface area (Å²) >= 11 is 11.5. The van der Waals surface area contributed by atoms with Crippen molar-refractivity contribution in [3.63, 3.8) is 0 Å². The zero-order valence-corrected chi connectivity index (χ0v) is 16.5. The summed E-state index contributed by atoms with van der Waals surface area (Å²) in [7, 11) is -3.60. The minimum atomic E-state index is -3.60. The van der Waals surface area contributed by atoms with E-state index in [1.807, 2.05) is 5.01 Å². The fourth-order valence-corrected chi connectivity index (χ4v) is 4.50. The Balaban J connectivity index is 1.71. The van der Waals surface area contributed by atoms with Crippen LogP contribution >= 0.6 is 23.8 Å². The van der Waals surface area contributed by atoms with E-state index in [0.29, 0.717) is 68.4 Å². The second kappa shape index (κ2) is 8.79. The Morgan fingerprint density at radius 2 is 1.69 bits per heavy atom. The summed E-state index contributed by atoms with van der Waals surface area (Å²) in [6.07, 6.45) is 0. The highest BCUT2D eigenvalue weighted by Crippen LogP contribution is 2.27.